The van der Waals surface area contributed by atoms with Crippen LogP contribution in [0.4, 0.5) is 5.69 Å². The lowest BCUT2D eigenvalue weighted by atomic mass is 9.83. The van der Waals surface area contributed by atoms with Gasteiger partial charge in [-0.25, -0.2) is 0 Å². The maximum atomic E-state index is 11.2. The van der Waals surface area contributed by atoms with Crippen LogP contribution in [0.5, 0.6) is 0 Å². The molecule has 2 aromatic rings. The van der Waals surface area contributed by atoms with Crippen molar-refractivity contribution in [3.05, 3.63) is 101 Å². The Bertz CT molecular complexity index is 1070. The maximum Gasteiger partial charge on any atom is 0.309 e. The minimum Gasteiger partial charge on any atom is -0.481 e. The first-order valence-electron chi connectivity index (χ1n) is 11.0. The van der Waals surface area contributed by atoms with Crippen molar-refractivity contribution in [3.8, 4) is 0 Å². The summed E-state index contributed by atoms with van der Waals surface area (Å²) in [4.78, 5) is 11.2. The van der Waals surface area contributed by atoms with E-state index >= 15 is 0 Å². The lowest BCUT2D eigenvalue weighted by Gasteiger charge is -2.22. The van der Waals surface area contributed by atoms with E-state index in [1.807, 2.05) is 36.4 Å². The second kappa shape index (κ2) is 13.3. The molecule has 0 bridgehead atoms. The van der Waals surface area contributed by atoms with Gasteiger partial charge in [-0.15, -0.1) is 11.6 Å². The van der Waals surface area contributed by atoms with E-state index in [2.05, 4.69) is 36.1 Å². The number of allylic oxidation sites excluding steroid dienone is 5. The fraction of sp³-hybridized carbons (Fsp3) is 0.259. The summed E-state index contributed by atoms with van der Waals surface area (Å²) in [5.41, 5.74) is 11.7. The van der Waals surface area contributed by atoms with Gasteiger partial charge in [0.2, 0.25) is 0 Å². The smallest absolute Gasteiger partial charge is 0.309 e. The Labute approximate surface area is 206 Å². The van der Waals surface area contributed by atoms with Gasteiger partial charge in [0.1, 0.15) is 0 Å². The van der Waals surface area contributed by atoms with Crippen LogP contribution in [-0.4, -0.2) is 34.4 Å². The highest BCUT2D eigenvalue weighted by Crippen LogP contribution is 2.33. The summed E-state index contributed by atoms with van der Waals surface area (Å²) in [6, 6.07) is 15.9. The van der Waals surface area contributed by atoms with Crippen molar-refractivity contribution in [2.45, 2.75) is 26.2 Å². The van der Waals surface area contributed by atoms with E-state index in [0.717, 1.165) is 22.4 Å². The number of nitrogens with two attached hydrogens (primary N) is 1. The predicted molar refractivity (Wildman–Crippen MR) is 140 cm³/mol. The van der Waals surface area contributed by atoms with Crippen LogP contribution >= 0.6 is 11.6 Å². The van der Waals surface area contributed by atoms with Gasteiger partial charge in [-0.1, -0.05) is 60.3 Å². The van der Waals surface area contributed by atoms with E-state index in [4.69, 9.17) is 17.3 Å². The molecule has 180 valence electrons. The van der Waals surface area contributed by atoms with Crippen LogP contribution in [0.2, 0.25) is 0 Å². The number of halogens is 1. The van der Waals surface area contributed by atoms with Gasteiger partial charge in [0.05, 0.1) is 11.6 Å². The minimum absolute atomic E-state index is 0.0380. The van der Waals surface area contributed by atoms with E-state index < -0.39 is 11.9 Å². The fourth-order valence-electron chi connectivity index (χ4n) is 3.68. The summed E-state index contributed by atoms with van der Waals surface area (Å²) in [5, 5.41) is 25.8. The highest BCUT2D eigenvalue weighted by molar-refractivity contribution is 6.19. The zero-order valence-electron chi connectivity index (χ0n) is 19.5. The average Bonchev–Trinajstić information content (AvgIpc) is 2.81. The van der Waals surface area contributed by atoms with Gasteiger partial charge in [0, 0.05) is 41.7 Å². The third kappa shape index (κ3) is 7.52. The molecule has 2 rings (SSSR count). The molecule has 0 aliphatic rings. The molecule has 2 atom stereocenters. The first-order valence-corrected chi connectivity index (χ1v) is 11.5. The number of hydrogen-bond acceptors (Lipinski definition) is 5. The molecule has 34 heavy (non-hydrogen) atoms. The second-order valence-corrected chi connectivity index (χ2v) is 8.41. The number of benzene rings is 2. The summed E-state index contributed by atoms with van der Waals surface area (Å²) in [7, 11) is 0. The van der Waals surface area contributed by atoms with Gasteiger partial charge in [0.15, 0.2) is 0 Å². The van der Waals surface area contributed by atoms with Crippen LogP contribution in [0, 0.1) is 12.8 Å². The number of alkyl halides is 1. The molecule has 0 radical (unpaired) electrons. The normalized spacial score (nSPS) is 14.4. The summed E-state index contributed by atoms with van der Waals surface area (Å²) in [5.74, 6) is -1.65. The van der Waals surface area contributed by atoms with E-state index in [1.165, 1.54) is 0 Å². The molecule has 0 amide bonds. The van der Waals surface area contributed by atoms with Crippen LogP contribution in [-0.2, 0) is 4.79 Å². The number of nitrogens with one attached hydrogen (secondary N) is 1. The molecule has 0 aliphatic carbocycles. The number of hydrogen-bond donors (Lipinski definition) is 4. The maximum absolute atomic E-state index is 11.2. The summed E-state index contributed by atoms with van der Waals surface area (Å²) >= 11 is 5.74. The molecule has 6 nitrogen and oxygen atoms in total. The largest absolute Gasteiger partial charge is 0.481 e. The predicted octanol–water partition coefficient (Wildman–Crippen LogP) is 5.67. The van der Waals surface area contributed by atoms with Gasteiger partial charge in [-0.2, -0.15) is 0 Å². The number of rotatable bonds is 12. The van der Waals surface area contributed by atoms with E-state index in [0.29, 0.717) is 23.4 Å². The van der Waals surface area contributed by atoms with Crippen molar-refractivity contribution in [3.63, 3.8) is 0 Å². The van der Waals surface area contributed by atoms with Gasteiger partial charge in [-0.3, -0.25) is 4.79 Å². The molecule has 2 aromatic carbocycles. The molecule has 5 N–H and O–H groups in total. The molecule has 7 heteroatoms. The highest BCUT2D eigenvalue weighted by atomic mass is 35.5. The van der Waals surface area contributed by atoms with Crippen LogP contribution in [0.3, 0.4) is 0 Å². The summed E-state index contributed by atoms with van der Waals surface area (Å²) in [6.45, 7) is 7.82. The Morgan fingerprint density at radius 2 is 1.91 bits per heavy atom. The lowest BCUT2D eigenvalue weighted by molar-refractivity contribution is -0.140. The number of oxime groups is 1. The van der Waals surface area contributed by atoms with Crippen LogP contribution in [0.1, 0.15) is 36.0 Å². The molecule has 1 unspecified atom stereocenters. The van der Waals surface area contributed by atoms with Crippen molar-refractivity contribution >= 4 is 29.0 Å². The molecule has 0 heterocycles. The van der Waals surface area contributed by atoms with Crippen molar-refractivity contribution in [2.24, 2.45) is 16.8 Å². The van der Waals surface area contributed by atoms with Crippen LogP contribution in [0.15, 0.2) is 89.8 Å². The third-order valence-corrected chi connectivity index (χ3v) is 5.87. The third-order valence-electron chi connectivity index (χ3n) is 5.50. The monoisotopic (exact) mass is 481 g/mol. The lowest BCUT2D eigenvalue weighted by Crippen LogP contribution is -2.24. The van der Waals surface area contributed by atoms with E-state index in [9.17, 15) is 15.1 Å². The van der Waals surface area contributed by atoms with E-state index in [-0.39, 0.29) is 18.3 Å². The number of carboxylic acids is 1. The van der Waals surface area contributed by atoms with Crippen LogP contribution < -0.4 is 11.1 Å². The Balaban J connectivity index is 2.40. The van der Waals surface area contributed by atoms with Crippen molar-refractivity contribution in [1.29, 1.82) is 0 Å². The van der Waals surface area contributed by atoms with Gasteiger partial charge >= 0.3 is 5.97 Å². The molecule has 0 fully saturated rings. The number of carboxylic acid groups (broad SMARTS) is 1. The summed E-state index contributed by atoms with van der Waals surface area (Å²) in [6.07, 6.45) is 5.59. The highest BCUT2D eigenvalue weighted by Gasteiger charge is 2.21. The second-order valence-electron chi connectivity index (χ2n) is 8.10. The van der Waals surface area contributed by atoms with Gasteiger partial charge < -0.3 is 21.4 Å². The number of nitrogens with zero attached hydrogens (tertiary/aromatic N) is 1. The molecule has 0 saturated carbocycles. The molecular formula is C27H32ClN3O3. The average molecular weight is 482 g/mol. The Kier molecular flexibility index (Phi) is 10.4. The fourth-order valence-corrected chi connectivity index (χ4v) is 3.92. The number of anilines is 1. The number of carbonyl (C=O) groups is 1. The standard InChI is InChI=1S/C27H32ClN3O3/c1-4-7-21(14-19(3)29)26(31-34)15-25(24-9-6-5-8-18(24)2)20-10-12-23(13-11-20)30-17-22(16-28)27(32)33/h4-14,22,25,30,34H,1,15-17,29H2,2-3H3,(H,32,33)/b19-14-,21-7+,31-26+/t22?,25-/m1/s1. The number of aliphatic carboxylic acids is 1. The molecule has 0 aliphatic heterocycles. The topological polar surface area (TPSA) is 108 Å². The number of aryl methyl sites for hydroxylation is 1. The first kappa shape index (κ1) is 26.7. The quantitative estimate of drug-likeness (QED) is 0.103. The molecular weight excluding hydrogens is 450 g/mol. The Morgan fingerprint density at radius 1 is 1.24 bits per heavy atom. The van der Waals surface area contributed by atoms with Gasteiger partial charge in [0.25, 0.3) is 0 Å². The molecule has 0 aromatic heterocycles. The van der Waals surface area contributed by atoms with E-state index in [1.54, 1.807) is 25.2 Å². The molecule has 0 saturated heterocycles. The van der Waals surface area contributed by atoms with Crippen molar-refractivity contribution in [2.75, 3.05) is 17.7 Å². The molecule has 0 spiro atoms. The van der Waals surface area contributed by atoms with Crippen molar-refractivity contribution < 1.29 is 15.1 Å². The van der Waals surface area contributed by atoms with Crippen LogP contribution in [0.25, 0.3) is 0 Å². The first-order chi connectivity index (χ1) is 16.3. The Hall–Kier alpha value is -3.51. The zero-order chi connectivity index (χ0) is 25.1. The summed E-state index contributed by atoms with van der Waals surface area (Å²) < 4.78 is 0. The Morgan fingerprint density at radius 3 is 2.44 bits per heavy atom. The zero-order valence-corrected chi connectivity index (χ0v) is 20.3. The van der Waals surface area contributed by atoms with Gasteiger partial charge in [-0.05, 0) is 48.7 Å². The SMILES string of the molecule is C=C/C=C(\C=C(\C)N)C(/C[C@H](c1ccc(NCC(CCl)C(=O)O)cc1)c1ccccc1C)=N/O. The minimum atomic E-state index is -0.931. The van der Waals surface area contributed by atoms with Crippen molar-refractivity contribution in [1.82, 2.24) is 0 Å².